The number of hydrogen-bond donors (Lipinski definition) is 1. The van der Waals surface area contributed by atoms with Crippen molar-refractivity contribution in [1.82, 2.24) is 14.6 Å². The summed E-state index contributed by atoms with van der Waals surface area (Å²) in [5, 5.41) is 2.52. The number of nitrogens with zero attached hydrogens (tertiary/aromatic N) is 3. The van der Waals surface area contributed by atoms with Crippen molar-refractivity contribution in [2.75, 3.05) is 50.0 Å². The van der Waals surface area contributed by atoms with Gasteiger partial charge in [0, 0.05) is 44.5 Å². The molecule has 1 amide bonds. The molecule has 0 unspecified atom stereocenters. The third kappa shape index (κ3) is 6.82. The number of nitrogens with one attached hydrogen (secondary N) is 1. The molecular formula is C20H23F3N4O4S. The second kappa shape index (κ2) is 10.2. The van der Waals surface area contributed by atoms with E-state index in [4.69, 9.17) is 0 Å². The monoisotopic (exact) mass is 472 g/mol. The molecule has 1 aromatic heterocycles. The fourth-order valence-corrected chi connectivity index (χ4v) is 4.47. The molecule has 1 aromatic carbocycles. The van der Waals surface area contributed by atoms with Gasteiger partial charge in [-0.3, -0.25) is 4.79 Å². The molecule has 0 radical (unpaired) electrons. The molecular weight excluding hydrogens is 449 g/mol. The molecule has 8 nitrogen and oxygen atoms in total. The topological polar surface area (TPSA) is 91.8 Å². The van der Waals surface area contributed by atoms with Gasteiger partial charge in [-0.05, 0) is 36.4 Å². The van der Waals surface area contributed by atoms with Crippen LogP contribution in [0.3, 0.4) is 0 Å². The Balaban J connectivity index is 1.43. The zero-order valence-electron chi connectivity index (χ0n) is 17.1. The Morgan fingerprint density at radius 3 is 2.34 bits per heavy atom. The minimum absolute atomic E-state index is 0.0219. The number of alkyl halides is 3. The van der Waals surface area contributed by atoms with E-state index in [9.17, 15) is 26.4 Å². The number of amides is 1. The van der Waals surface area contributed by atoms with Gasteiger partial charge in [0.05, 0.1) is 5.75 Å². The van der Waals surface area contributed by atoms with Crippen molar-refractivity contribution in [3.05, 3.63) is 54.2 Å². The molecule has 0 atom stereocenters. The molecule has 1 saturated heterocycles. The van der Waals surface area contributed by atoms with Crippen molar-refractivity contribution in [1.29, 1.82) is 0 Å². The second-order valence-electron chi connectivity index (χ2n) is 7.07. The van der Waals surface area contributed by atoms with Crippen molar-refractivity contribution in [2.24, 2.45) is 0 Å². The molecule has 1 fully saturated rings. The lowest BCUT2D eigenvalue weighted by Gasteiger charge is -2.34. The van der Waals surface area contributed by atoms with Crippen molar-refractivity contribution in [3.8, 4) is 5.75 Å². The maximum absolute atomic E-state index is 12.6. The van der Waals surface area contributed by atoms with E-state index in [1.165, 1.54) is 28.6 Å². The number of hydrogen-bond acceptors (Lipinski definition) is 6. The first kappa shape index (κ1) is 23.8. The molecule has 174 valence electrons. The summed E-state index contributed by atoms with van der Waals surface area (Å²) in [6.07, 6.45) is -2.77. The summed E-state index contributed by atoms with van der Waals surface area (Å²) in [5.41, 5.74) is 0.186. The van der Waals surface area contributed by atoms with Crippen molar-refractivity contribution in [3.63, 3.8) is 0 Å². The Hall–Kier alpha value is -2.86. The fourth-order valence-electron chi connectivity index (χ4n) is 3.13. The molecule has 3 rings (SSSR count). The first-order valence-corrected chi connectivity index (χ1v) is 11.5. The largest absolute Gasteiger partial charge is 0.484 e. The zero-order chi connectivity index (χ0) is 23.2. The maximum atomic E-state index is 12.6. The molecule has 2 aromatic rings. The summed E-state index contributed by atoms with van der Waals surface area (Å²) in [7, 11) is -3.55. The first-order valence-electron chi connectivity index (χ1n) is 9.86. The third-order valence-electron chi connectivity index (χ3n) is 4.77. The van der Waals surface area contributed by atoms with Gasteiger partial charge in [0.25, 0.3) is 5.91 Å². The van der Waals surface area contributed by atoms with Gasteiger partial charge >= 0.3 is 6.18 Å². The third-order valence-corrected chi connectivity index (χ3v) is 6.64. The van der Waals surface area contributed by atoms with Crippen molar-refractivity contribution >= 4 is 21.7 Å². The van der Waals surface area contributed by atoms with E-state index in [0.717, 1.165) is 5.82 Å². The van der Waals surface area contributed by atoms with Crippen LogP contribution in [0.5, 0.6) is 5.75 Å². The second-order valence-corrected chi connectivity index (χ2v) is 9.16. The molecule has 0 saturated carbocycles. The molecule has 1 aliphatic heterocycles. The van der Waals surface area contributed by atoms with E-state index in [0.29, 0.717) is 26.2 Å². The number of benzene rings is 1. The number of aromatic nitrogens is 1. The highest BCUT2D eigenvalue weighted by atomic mass is 32.2. The normalized spacial score (nSPS) is 15.4. The van der Waals surface area contributed by atoms with Crippen LogP contribution in [0.2, 0.25) is 0 Å². The molecule has 0 spiro atoms. The lowest BCUT2D eigenvalue weighted by molar-refractivity contribution is -0.153. The van der Waals surface area contributed by atoms with Crippen molar-refractivity contribution < 1.29 is 31.1 Å². The lowest BCUT2D eigenvalue weighted by Crippen LogP contribution is -2.50. The Kier molecular flexibility index (Phi) is 7.56. The number of pyridine rings is 1. The van der Waals surface area contributed by atoms with Gasteiger partial charge in [-0.25, -0.2) is 13.4 Å². The number of anilines is 1. The van der Waals surface area contributed by atoms with E-state index in [1.54, 1.807) is 6.20 Å². The predicted molar refractivity (Wildman–Crippen MR) is 112 cm³/mol. The Labute approximate surface area is 184 Å². The summed E-state index contributed by atoms with van der Waals surface area (Å²) in [6, 6.07) is 10.7. The highest BCUT2D eigenvalue weighted by Crippen LogP contribution is 2.19. The fraction of sp³-hybridized carbons (Fsp3) is 0.400. The average Bonchev–Trinajstić information content (AvgIpc) is 2.78. The predicted octanol–water partition coefficient (Wildman–Crippen LogP) is 1.90. The summed E-state index contributed by atoms with van der Waals surface area (Å²) in [4.78, 5) is 18.5. The molecule has 1 aliphatic rings. The smallest absolute Gasteiger partial charge is 0.422 e. The van der Waals surface area contributed by atoms with Crippen LogP contribution in [0.15, 0.2) is 48.7 Å². The Morgan fingerprint density at radius 1 is 1.06 bits per heavy atom. The van der Waals surface area contributed by atoms with E-state index in [-0.39, 0.29) is 23.6 Å². The van der Waals surface area contributed by atoms with Crippen LogP contribution < -0.4 is 15.0 Å². The van der Waals surface area contributed by atoms with Gasteiger partial charge in [-0.2, -0.15) is 17.5 Å². The van der Waals surface area contributed by atoms with Crippen LogP contribution in [0.1, 0.15) is 10.4 Å². The van der Waals surface area contributed by atoms with Crippen LogP contribution in [0.25, 0.3) is 0 Å². The number of carbonyl (C=O) groups excluding carboxylic acids is 1. The van der Waals surface area contributed by atoms with Gasteiger partial charge in [-0.1, -0.05) is 6.07 Å². The van der Waals surface area contributed by atoms with Crippen LogP contribution in [0, 0.1) is 0 Å². The highest BCUT2D eigenvalue weighted by Gasteiger charge is 2.29. The first-order chi connectivity index (χ1) is 15.1. The number of ether oxygens (including phenoxy) is 1. The van der Waals surface area contributed by atoms with Crippen LogP contribution >= 0.6 is 0 Å². The van der Waals surface area contributed by atoms with Gasteiger partial charge < -0.3 is 15.0 Å². The van der Waals surface area contributed by atoms with Gasteiger partial charge in [0.2, 0.25) is 10.0 Å². The molecule has 1 N–H and O–H groups in total. The van der Waals surface area contributed by atoms with E-state index in [1.807, 2.05) is 23.1 Å². The lowest BCUT2D eigenvalue weighted by atomic mass is 10.2. The molecule has 32 heavy (non-hydrogen) atoms. The Morgan fingerprint density at radius 2 is 1.75 bits per heavy atom. The number of carbonyl (C=O) groups is 1. The van der Waals surface area contributed by atoms with Crippen LogP contribution in [-0.2, 0) is 10.0 Å². The van der Waals surface area contributed by atoms with E-state index >= 15 is 0 Å². The van der Waals surface area contributed by atoms with Crippen LogP contribution in [-0.4, -0.2) is 74.9 Å². The molecule has 0 bridgehead atoms. The zero-order valence-corrected chi connectivity index (χ0v) is 17.9. The van der Waals surface area contributed by atoms with Gasteiger partial charge in [-0.15, -0.1) is 0 Å². The van der Waals surface area contributed by atoms with Gasteiger partial charge in [0.1, 0.15) is 11.6 Å². The summed E-state index contributed by atoms with van der Waals surface area (Å²) < 4.78 is 67.6. The molecule has 0 aliphatic carbocycles. The minimum Gasteiger partial charge on any atom is -0.484 e. The number of piperazine rings is 1. The SMILES string of the molecule is O=C(NCCS(=O)(=O)N1CCN(c2ccccn2)CC1)c1ccc(OCC(F)(F)F)cc1. The molecule has 12 heteroatoms. The average molecular weight is 472 g/mol. The Bertz CT molecular complexity index is 994. The number of sulfonamides is 1. The number of halogens is 3. The number of rotatable bonds is 8. The summed E-state index contributed by atoms with van der Waals surface area (Å²) >= 11 is 0. The quantitative estimate of drug-likeness (QED) is 0.631. The molecule has 2 heterocycles. The highest BCUT2D eigenvalue weighted by molar-refractivity contribution is 7.89. The van der Waals surface area contributed by atoms with E-state index < -0.39 is 28.7 Å². The standard InChI is InChI=1S/C20H23F3N4O4S/c21-20(22,23)15-31-17-6-4-16(5-7-17)19(28)25-9-14-32(29,30)27-12-10-26(11-13-27)18-3-1-2-8-24-18/h1-8H,9-15H2,(H,25,28). The van der Waals surface area contributed by atoms with Crippen molar-refractivity contribution in [2.45, 2.75) is 6.18 Å². The maximum Gasteiger partial charge on any atom is 0.422 e. The van der Waals surface area contributed by atoms with Gasteiger partial charge in [0.15, 0.2) is 6.61 Å². The van der Waals surface area contributed by atoms with E-state index in [2.05, 4.69) is 15.0 Å². The minimum atomic E-state index is -4.45. The summed E-state index contributed by atoms with van der Waals surface area (Å²) in [6.45, 7) is 0.176. The van der Waals surface area contributed by atoms with Crippen LogP contribution in [0.4, 0.5) is 19.0 Å². The summed E-state index contributed by atoms with van der Waals surface area (Å²) in [5.74, 6) is -0.00442.